The van der Waals surface area contributed by atoms with Gasteiger partial charge in [-0.2, -0.15) is 0 Å². The van der Waals surface area contributed by atoms with Gasteiger partial charge in [-0.05, 0) is 36.5 Å². The first kappa shape index (κ1) is 15.9. The number of halogens is 1. The van der Waals surface area contributed by atoms with Crippen LogP contribution in [0.15, 0.2) is 52.7 Å². The van der Waals surface area contributed by atoms with Crippen LogP contribution in [0, 0.1) is 0 Å². The number of aromatic hydroxyl groups is 1. The summed E-state index contributed by atoms with van der Waals surface area (Å²) in [7, 11) is 0. The van der Waals surface area contributed by atoms with Crippen LogP contribution in [-0.2, 0) is 0 Å². The summed E-state index contributed by atoms with van der Waals surface area (Å²) in [5.41, 5.74) is 1.94. The molecule has 4 rings (SSSR count). The second kappa shape index (κ2) is 6.40. The largest absolute Gasteiger partial charge is 0.493 e. The number of azo groups is 1. The lowest BCUT2D eigenvalue weighted by Gasteiger charge is -1.96. The molecule has 2 aromatic heterocycles. The lowest BCUT2D eigenvalue weighted by Crippen LogP contribution is -2.04. The molecule has 124 valence electrons. The van der Waals surface area contributed by atoms with Crippen LogP contribution in [0.3, 0.4) is 0 Å². The van der Waals surface area contributed by atoms with Crippen molar-refractivity contribution in [2.75, 3.05) is 5.32 Å². The Morgan fingerprint density at radius 3 is 3.00 bits per heavy atom. The van der Waals surface area contributed by atoms with E-state index in [1.165, 1.54) is 11.3 Å². The Labute approximate surface area is 156 Å². The van der Waals surface area contributed by atoms with Crippen LogP contribution < -0.4 is 5.32 Å². The molecule has 0 bridgehead atoms. The average Bonchev–Trinajstić information content (AvgIpc) is 3.11. The highest BCUT2D eigenvalue weighted by molar-refractivity contribution is 7.80. The topological polar surface area (TPSA) is 85.7 Å². The molecule has 2 aromatic carbocycles. The van der Waals surface area contributed by atoms with Crippen molar-refractivity contribution in [1.82, 2.24) is 9.97 Å². The van der Waals surface area contributed by atoms with E-state index in [2.05, 4.69) is 25.5 Å². The second-order valence-corrected chi connectivity index (χ2v) is 6.98. The molecular weight excluding hydrogens is 378 g/mol. The van der Waals surface area contributed by atoms with Crippen molar-refractivity contribution in [2.45, 2.75) is 0 Å². The van der Waals surface area contributed by atoms with Gasteiger partial charge in [0.1, 0.15) is 0 Å². The number of H-pyrrole nitrogens is 1. The number of thiocarbonyl (C=S) groups is 1. The molecule has 0 unspecified atom stereocenters. The first-order valence-corrected chi connectivity index (χ1v) is 8.79. The van der Waals surface area contributed by atoms with Crippen molar-refractivity contribution >= 4 is 72.2 Å². The van der Waals surface area contributed by atoms with Crippen LogP contribution in [0.4, 0.5) is 10.8 Å². The number of para-hydroxylation sites is 1. The third kappa shape index (κ3) is 3.19. The van der Waals surface area contributed by atoms with Gasteiger partial charge in [-0.15, -0.1) is 10.2 Å². The predicted molar refractivity (Wildman–Crippen MR) is 105 cm³/mol. The number of fused-ring (bicyclic) bond motifs is 2. The van der Waals surface area contributed by atoms with Crippen LogP contribution in [0.25, 0.3) is 21.1 Å². The Morgan fingerprint density at radius 1 is 1.28 bits per heavy atom. The smallest absolute Gasteiger partial charge is 0.220 e. The monoisotopic (exact) mass is 387 g/mol. The van der Waals surface area contributed by atoms with Crippen molar-refractivity contribution in [3.05, 3.63) is 47.5 Å². The molecule has 0 aliphatic carbocycles. The summed E-state index contributed by atoms with van der Waals surface area (Å²) < 4.78 is 0.948. The maximum absolute atomic E-state index is 9.96. The fourth-order valence-corrected chi connectivity index (χ4v) is 3.72. The molecule has 0 radical (unpaired) electrons. The van der Waals surface area contributed by atoms with Gasteiger partial charge in [0, 0.05) is 10.4 Å². The zero-order valence-electron chi connectivity index (χ0n) is 12.5. The van der Waals surface area contributed by atoms with Gasteiger partial charge in [-0.25, -0.2) is 4.98 Å². The third-order valence-electron chi connectivity index (χ3n) is 3.46. The van der Waals surface area contributed by atoms with E-state index in [1.54, 1.807) is 6.07 Å². The number of nitrogens with zero attached hydrogens (tertiary/aromatic N) is 3. The Kier molecular flexibility index (Phi) is 4.08. The van der Waals surface area contributed by atoms with E-state index in [4.69, 9.17) is 23.8 Å². The minimum Gasteiger partial charge on any atom is -0.493 e. The van der Waals surface area contributed by atoms with Gasteiger partial charge < -0.3 is 15.4 Å². The quantitative estimate of drug-likeness (QED) is 0.308. The molecule has 9 heteroatoms. The van der Waals surface area contributed by atoms with E-state index in [0.717, 1.165) is 21.1 Å². The fourth-order valence-electron chi connectivity index (χ4n) is 2.38. The lowest BCUT2D eigenvalue weighted by molar-refractivity contribution is 0.459. The molecule has 0 saturated carbocycles. The Morgan fingerprint density at radius 2 is 2.12 bits per heavy atom. The van der Waals surface area contributed by atoms with Gasteiger partial charge in [0.15, 0.2) is 10.8 Å². The van der Waals surface area contributed by atoms with Crippen LogP contribution >= 0.6 is 35.2 Å². The zero-order valence-corrected chi connectivity index (χ0v) is 14.9. The lowest BCUT2D eigenvalue weighted by atomic mass is 10.2. The minimum atomic E-state index is -0.0534. The number of thiazole rings is 1. The summed E-state index contributed by atoms with van der Waals surface area (Å²) in [4.78, 5) is 7.25. The van der Waals surface area contributed by atoms with Crippen molar-refractivity contribution in [3.63, 3.8) is 0 Å². The van der Waals surface area contributed by atoms with Crippen LogP contribution in [0.5, 0.6) is 5.88 Å². The number of anilines is 1. The van der Waals surface area contributed by atoms with E-state index in [-0.39, 0.29) is 11.0 Å². The summed E-state index contributed by atoms with van der Waals surface area (Å²) in [5.74, 6) is -0.0534. The summed E-state index contributed by atoms with van der Waals surface area (Å²) in [6.45, 7) is 0. The second-order valence-electron chi connectivity index (χ2n) is 5.13. The van der Waals surface area contributed by atoms with E-state index < -0.39 is 0 Å². The highest BCUT2D eigenvalue weighted by atomic mass is 35.5. The maximum Gasteiger partial charge on any atom is 0.220 e. The predicted octanol–water partition coefficient (Wildman–Crippen LogP) is 5.62. The van der Waals surface area contributed by atoms with E-state index in [1.807, 2.05) is 36.4 Å². The van der Waals surface area contributed by atoms with Crippen molar-refractivity contribution in [3.8, 4) is 5.88 Å². The van der Waals surface area contributed by atoms with Crippen LogP contribution in [0.2, 0.25) is 5.02 Å². The van der Waals surface area contributed by atoms with E-state index >= 15 is 0 Å². The molecule has 0 aliphatic heterocycles. The van der Waals surface area contributed by atoms with Gasteiger partial charge in [-0.3, -0.25) is 0 Å². The first-order valence-electron chi connectivity index (χ1n) is 7.18. The maximum atomic E-state index is 9.96. The highest BCUT2D eigenvalue weighted by Gasteiger charge is 2.10. The SMILES string of the molecule is Oc1[nH]c2ccccc2c1N=NC(=S)Nc1nc2ccc(Cl)cc2s1. The molecular formula is C16H10ClN5OS2. The number of rotatable bonds is 2. The summed E-state index contributed by atoms with van der Waals surface area (Å²) in [6, 6.07) is 12.9. The minimum absolute atomic E-state index is 0.0534. The van der Waals surface area contributed by atoms with Crippen molar-refractivity contribution < 1.29 is 5.11 Å². The van der Waals surface area contributed by atoms with Crippen molar-refractivity contribution in [1.29, 1.82) is 0 Å². The number of hydrogen-bond donors (Lipinski definition) is 3. The summed E-state index contributed by atoms with van der Waals surface area (Å²) in [5, 5.41) is 23.1. The molecule has 6 nitrogen and oxygen atoms in total. The van der Waals surface area contributed by atoms with Crippen LogP contribution in [0.1, 0.15) is 0 Å². The normalized spacial score (nSPS) is 11.6. The molecule has 2 heterocycles. The van der Waals surface area contributed by atoms with Gasteiger partial charge in [0.2, 0.25) is 11.0 Å². The van der Waals surface area contributed by atoms with E-state index in [9.17, 15) is 5.11 Å². The molecule has 0 saturated heterocycles. The Bertz CT molecular complexity index is 1130. The number of aromatic nitrogens is 2. The Balaban J connectivity index is 1.56. The number of nitrogens with one attached hydrogen (secondary N) is 2. The third-order valence-corrected chi connectivity index (χ3v) is 4.82. The first-order chi connectivity index (χ1) is 12.1. The fraction of sp³-hybridized carbons (Fsp3) is 0. The summed E-state index contributed by atoms with van der Waals surface area (Å²) >= 11 is 12.6. The van der Waals surface area contributed by atoms with Crippen LogP contribution in [-0.4, -0.2) is 20.2 Å². The standard InChI is InChI=1S/C16H10ClN5OS2/c17-8-5-6-11-12(7-8)25-16(19-11)20-15(24)22-21-13-9-3-1-2-4-10(9)18-14(13)23/h1-7,18,23H,(H,19,20,24). The number of hydrogen-bond acceptors (Lipinski definition) is 5. The van der Waals surface area contributed by atoms with Gasteiger partial charge in [0.05, 0.1) is 15.7 Å². The van der Waals surface area contributed by atoms with Gasteiger partial charge in [0.25, 0.3) is 0 Å². The van der Waals surface area contributed by atoms with E-state index in [0.29, 0.717) is 15.8 Å². The Hall–Kier alpha value is -2.55. The summed E-state index contributed by atoms with van der Waals surface area (Å²) in [6.07, 6.45) is 0. The molecule has 0 amide bonds. The van der Waals surface area contributed by atoms with Gasteiger partial charge >= 0.3 is 0 Å². The number of benzene rings is 2. The zero-order chi connectivity index (χ0) is 17.4. The molecule has 0 aliphatic rings. The molecule has 0 fully saturated rings. The molecule has 3 N–H and O–H groups in total. The molecule has 0 spiro atoms. The highest BCUT2D eigenvalue weighted by Crippen LogP contribution is 2.35. The van der Waals surface area contributed by atoms with Gasteiger partial charge in [-0.1, -0.05) is 41.1 Å². The molecule has 4 aromatic rings. The number of aromatic amines is 1. The average molecular weight is 388 g/mol. The molecule has 0 atom stereocenters. The van der Waals surface area contributed by atoms with Crippen molar-refractivity contribution in [2.24, 2.45) is 10.2 Å². The molecule has 25 heavy (non-hydrogen) atoms.